The SMILES string of the molecule is CC(C(=O)N(C)C1CCCCC1Cl)C1CC1. The largest absolute Gasteiger partial charge is 0.341 e. The van der Waals surface area contributed by atoms with E-state index in [-0.39, 0.29) is 17.3 Å². The Balaban J connectivity index is 1.93. The second-order valence-electron chi connectivity index (χ2n) is 5.44. The fourth-order valence-electron chi connectivity index (χ4n) is 2.78. The van der Waals surface area contributed by atoms with Gasteiger partial charge in [0.1, 0.15) is 0 Å². The average molecular weight is 244 g/mol. The molecule has 2 aliphatic carbocycles. The van der Waals surface area contributed by atoms with Gasteiger partial charge in [-0.1, -0.05) is 19.8 Å². The van der Waals surface area contributed by atoms with Crippen LogP contribution in [0, 0.1) is 11.8 Å². The monoisotopic (exact) mass is 243 g/mol. The number of nitrogens with zero attached hydrogens (tertiary/aromatic N) is 1. The van der Waals surface area contributed by atoms with E-state index in [9.17, 15) is 4.79 Å². The second kappa shape index (κ2) is 4.95. The number of halogens is 1. The van der Waals surface area contributed by atoms with Crippen molar-refractivity contribution in [3.05, 3.63) is 0 Å². The maximum atomic E-state index is 12.2. The average Bonchev–Trinajstić information content (AvgIpc) is 3.11. The maximum Gasteiger partial charge on any atom is 0.225 e. The van der Waals surface area contributed by atoms with Crippen molar-refractivity contribution in [2.75, 3.05) is 7.05 Å². The Hall–Kier alpha value is -0.240. The lowest BCUT2D eigenvalue weighted by molar-refractivity contribution is -0.136. The Kier molecular flexibility index (Phi) is 3.78. The van der Waals surface area contributed by atoms with Crippen molar-refractivity contribution in [3.8, 4) is 0 Å². The molecule has 2 nitrogen and oxygen atoms in total. The molecule has 0 heterocycles. The molecule has 16 heavy (non-hydrogen) atoms. The molecule has 2 rings (SSSR count). The quantitative estimate of drug-likeness (QED) is 0.698. The number of alkyl halides is 1. The van der Waals surface area contributed by atoms with Gasteiger partial charge in [0.2, 0.25) is 5.91 Å². The lowest BCUT2D eigenvalue weighted by atomic mass is 9.92. The van der Waals surface area contributed by atoms with Crippen LogP contribution in [0.25, 0.3) is 0 Å². The van der Waals surface area contributed by atoms with Crippen LogP contribution in [0.3, 0.4) is 0 Å². The van der Waals surface area contributed by atoms with Gasteiger partial charge in [-0.2, -0.15) is 0 Å². The summed E-state index contributed by atoms with van der Waals surface area (Å²) in [4.78, 5) is 14.2. The van der Waals surface area contributed by atoms with Gasteiger partial charge in [-0.25, -0.2) is 0 Å². The van der Waals surface area contributed by atoms with Crippen LogP contribution in [0.4, 0.5) is 0 Å². The zero-order chi connectivity index (χ0) is 11.7. The third-order valence-corrected chi connectivity index (χ3v) is 4.72. The molecule has 3 atom stereocenters. The van der Waals surface area contributed by atoms with E-state index in [1.807, 2.05) is 11.9 Å². The van der Waals surface area contributed by atoms with Gasteiger partial charge < -0.3 is 4.90 Å². The van der Waals surface area contributed by atoms with Gasteiger partial charge in [-0.15, -0.1) is 11.6 Å². The van der Waals surface area contributed by atoms with Gasteiger partial charge in [-0.3, -0.25) is 4.79 Å². The van der Waals surface area contributed by atoms with E-state index in [0.29, 0.717) is 11.8 Å². The van der Waals surface area contributed by atoms with E-state index < -0.39 is 0 Å². The van der Waals surface area contributed by atoms with Gasteiger partial charge >= 0.3 is 0 Å². The van der Waals surface area contributed by atoms with Gasteiger partial charge in [0.25, 0.3) is 0 Å². The number of carbonyl (C=O) groups excluding carboxylic acids is 1. The summed E-state index contributed by atoms with van der Waals surface area (Å²) in [6.07, 6.45) is 7.02. The van der Waals surface area contributed by atoms with Crippen molar-refractivity contribution < 1.29 is 4.79 Å². The highest BCUT2D eigenvalue weighted by molar-refractivity contribution is 6.21. The topological polar surface area (TPSA) is 20.3 Å². The molecule has 0 N–H and O–H groups in total. The lowest BCUT2D eigenvalue weighted by Gasteiger charge is -2.36. The van der Waals surface area contributed by atoms with Crippen LogP contribution >= 0.6 is 11.6 Å². The Morgan fingerprint density at radius 3 is 2.44 bits per heavy atom. The lowest BCUT2D eigenvalue weighted by Crippen LogP contribution is -2.46. The highest BCUT2D eigenvalue weighted by atomic mass is 35.5. The van der Waals surface area contributed by atoms with E-state index >= 15 is 0 Å². The Bertz CT molecular complexity index is 265. The first-order valence-corrected chi connectivity index (χ1v) is 6.95. The molecular formula is C13H22ClNO. The summed E-state index contributed by atoms with van der Waals surface area (Å²) in [6.45, 7) is 2.07. The van der Waals surface area contributed by atoms with Gasteiger partial charge in [0.05, 0.1) is 5.38 Å². The van der Waals surface area contributed by atoms with Crippen molar-refractivity contribution >= 4 is 17.5 Å². The van der Waals surface area contributed by atoms with Crippen LogP contribution in [-0.2, 0) is 4.79 Å². The first kappa shape index (κ1) is 12.2. The minimum atomic E-state index is 0.161. The molecule has 92 valence electrons. The number of hydrogen-bond donors (Lipinski definition) is 0. The molecule has 0 bridgehead atoms. The summed E-state index contributed by atoms with van der Waals surface area (Å²) in [5.41, 5.74) is 0. The fraction of sp³-hybridized carbons (Fsp3) is 0.923. The van der Waals surface area contributed by atoms with Crippen molar-refractivity contribution in [2.24, 2.45) is 11.8 Å². The standard InChI is InChI=1S/C13H22ClNO/c1-9(10-7-8-10)13(16)15(2)12-6-4-3-5-11(12)14/h9-12H,3-8H2,1-2H3. The normalized spacial score (nSPS) is 32.2. The molecule has 0 aromatic carbocycles. The molecule has 2 aliphatic rings. The molecule has 3 unspecified atom stereocenters. The third kappa shape index (κ3) is 2.53. The zero-order valence-electron chi connectivity index (χ0n) is 10.3. The van der Waals surface area contributed by atoms with E-state index in [1.165, 1.54) is 25.7 Å². The van der Waals surface area contributed by atoms with E-state index in [1.54, 1.807) is 0 Å². The Morgan fingerprint density at radius 1 is 1.25 bits per heavy atom. The van der Waals surface area contributed by atoms with Crippen molar-refractivity contribution in [3.63, 3.8) is 0 Å². The molecule has 0 aliphatic heterocycles. The van der Waals surface area contributed by atoms with Crippen LogP contribution in [0.2, 0.25) is 0 Å². The van der Waals surface area contributed by atoms with Crippen LogP contribution in [0.15, 0.2) is 0 Å². The minimum absolute atomic E-state index is 0.161. The number of amides is 1. The first-order chi connectivity index (χ1) is 7.61. The van der Waals surface area contributed by atoms with Crippen LogP contribution in [0.5, 0.6) is 0 Å². The van der Waals surface area contributed by atoms with Gasteiger partial charge in [0.15, 0.2) is 0 Å². The zero-order valence-corrected chi connectivity index (χ0v) is 11.0. The van der Waals surface area contributed by atoms with Gasteiger partial charge in [-0.05, 0) is 31.6 Å². The van der Waals surface area contributed by atoms with Crippen molar-refractivity contribution in [1.82, 2.24) is 4.90 Å². The number of carbonyl (C=O) groups is 1. The van der Waals surface area contributed by atoms with Crippen LogP contribution in [0.1, 0.15) is 45.4 Å². The predicted molar refractivity (Wildman–Crippen MR) is 66.6 cm³/mol. The molecule has 3 heteroatoms. The predicted octanol–water partition coefficient (Wildman–Crippen LogP) is 3.04. The first-order valence-electron chi connectivity index (χ1n) is 6.52. The summed E-state index contributed by atoms with van der Waals surface area (Å²) < 4.78 is 0. The van der Waals surface area contributed by atoms with Crippen LogP contribution < -0.4 is 0 Å². The summed E-state index contributed by atoms with van der Waals surface area (Å²) in [5, 5.41) is 0.161. The minimum Gasteiger partial charge on any atom is -0.341 e. The van der Waals surface area contributed by atoms with Gasteiger partial charge in [0, 0.05) is 19.0 Å². The summed E-state index contributed by atoms with van der Waals surface area (Å²) in [5.74, 6) is 1.16. The highest BCUT2D eigenvalue weighted by Crippen LogP contribution is 2.38. The van der Waals surface area contributed by atoms with E-state index in [2.05, 4.69) is 6.92 Å². The molecule has 0 saturated heterocycles. The Morgan fingerprint density at radius 2 is 1.88 bits per heavy atom. The van der Waals surface area contributed by atoms with E-state index in [4.69, 9.17) is 11.6 Å². The Labute approximate surface area is 103 Å². The molecule has 0 spiro atoms. The molecular weight excluding hydrogens is 222 g/mol. The maximum absolute atomic E-state index is 12.2. The summed E-state index contributed by atoms with van der Waals surface area (Å²) >= 11 is 6.33. The van der Waals surface area contributed by atoms with Crippen molar-refractivity contribution in [2.45, 2.75) is 56.9 Å². The molecule has 2 saturated carbocycles. The van der Waals surface area contributed by atoms with Crippen molar-refractivity contribution in [1.29, 1.82) is 0 Å². The molecule has 0 radical (unpaired) electrons. The summed E-state index contributed by atoms with van der Waals surface area (Å²) in [6, 6.07) is 0.268. The highest BCUT2D eigenvalue weighted by Gasteiger charge is 2.37. The van der Waals surface area contributed by atoms with E-state index in [0.717, 1.165) is 12.8 Å². The number of hydrogen-bond acceptors (Lipinski definition) is 1. The molecule has 1 amide bonds. The van der Waals surface area contributed by atoms with Crippen LogP contribution in [-0.4, -0.2) is 29.3 Å². The second-order valence-corrected chi connectivity index (χ2v) is 6.00. The molecule has 0 aromatic heterocycles. The molecule has 0 aromatic rings. The fourth-order valence-corrected chi connectivity index (χ4v) is 3.23. The third-order valence-electron chi connectivity index (χ3n) is 4.21. The summed E-state index contributed by atoms with van der Waals surface area (Å²) in [7, 11) is 1.94. The number of rotatable bonds is 3. The molecule has 2 fully saturated rings. The smallest absolute Gasteiger partial charge is 0.225 e.